The van der Waals surface area contributed by atoms with Crippen LogP contribution in [0, 0.1) is 23.5 Å². The van der Waals surface area contributed by atoms with Gasteiger partial charge in [0.25, 0.3) is 0 Å². The van der Waals surface area contributed by atoms with Crippen molar-refractivity contribution >= 4 is 82.9 Å². The van der Waals surface area contributed by atoms with Crippen molar-refractivity contribution < 1.29 is 61.5 Å². The Balaban J connectivity index is 0.000000206. The molecule has 89 heavy (non-hydrogen) atoms. The number of hydrogen-bond acceptors (Lipinski definition) is 10. The van der Waals surface area contributed by atoms with Crippen molar-refractivity contribution in [3.8, 4) is 0 Å². The molecule has 0 bridgehead atoms. The van der Waals surface area contributed by atoms with Crippen LogP contribution in [0.25, 0.3) is 21.8 Å². The fourth-order valence-electron chi connectivity index (χ4n) is 10.8. The van der Waals surface area contributed by atoms with E-state index in [0.29, 0.717) is 87.1 Å². The monoisotopic (exact) mass is 1400 g/mol. The number of anilines is 3. The lowest BCUT2D eigenvalue weighted by Crippen LogP contribution is -2.32. The molecule has 0 amide bonds. The number of fused-ring (bicyclic) bond motifs is 2. The molecule has 4 heterocycles. The van der Waals surface area contributed by atoms with E-state index in [2.05, 4.69) is 66.9 Å². The van der Waals surface area contributed by atoms with Crippen LogP contribution < -0.4 is 20.0 Å². The molecule has 2 saturated carbocycles. The first-order valence-corrected chi connectivity index (χ1v) is 30.3. The third kappa shape index (κ3) is 19.3. The van der Waals surface area contributed by atoms with Gasteiger partial charge < -0.3 is 20.0 Å². The molecule has 27 heteroatoms. The van der Waals surface area contributed by atoms with Crippen molar-refractivity contribution in [2.24, 2.45) is 11.8 Å². The van der Waals surface area contributed by atoms with Crippen molar-refractivity contribution in [1.29, 1.82) is 0 Å². The molecule has 0 saturated heterocycles. The first-order valence-electron chi connectivity index (χ1n) is 28.3. The topological polar surface area (TPSA) is 99.1 Å². The summed E-state index contributed by atoms with van der Waals surface area (Å²) >= 11 is 11.8. The van der Waals surface area contributed by atoms with Gasteiger partial charge in [0.05, 0.1) is 42.2 Å². The summed E-state index contributed by atoms with van der Waals surface area (Å²) in [6.07, 6.45) is -4.70. The smallest absolute Gasteiger partial charge is 0.356 e. The predicted octanol–water partition coefficient (Wildman–Crippen LogP) is 18.8. The molecule has 0 unspecified atom stereocenters. The zero-order chi connectivity index (χ0) is 64.4. The third-order valence-electron chi connectivity index (χ3n) is 15.1. The van der Waals surface area contributed by atoms with Crippen LogP contribution in [0.3, 0.4) is 0 Å². The lowest BCUT2D eigenvalue weighted by Gasteiger charge is -2.30. The van der Waals surface area contributed by atoms with Crippen LogP contribution in [0.2, 0.25) is 5.28 Å². The average Bonchev–Trinajstić information content (AvgIpc) is 2.93. The summed E-state index contributed by atoms with van der Waals surface area (Å²) < 4.78 is 191. The van der Waals surface area contributed by atoms with Gasteiger partial charge in [0.2, 0.25) is 11.2 Å². The van der Waals surface area contributed by atoms with Gasteiger partial charge in [-0.2, -0.15) is 52.7 Å². The molecule has 8 aromatic rings. The standard InChI is InChI=1S/C31H29BrF7N5.C27H28F7N3.C4H2BrClN2/c1-2-43(16-19-5-3-4-6-19)28-22(11-21-7-8-26(33)13-27(21)42-28)18-44(29-40-14-25(32)15-41-29)17-20-9-23(30(34,35)36)12-24(10-20)31(37,38)39;1-2-37(16-17-5-3-4-6-17)25-20(11-19-7-8-23(28)13-24(19)36-25)15-35-14-18-9-21(26(29,30)31)12-22(10-18)27(32,33)34;5-3-1-7-4(6)8-2-3/h7-15,19H,2-6,16-18H2,1H3;7-13,17,35H,2-6,14-16H2,1H3;1-2H. The van der Waals surface area contributed by atoms with E-state index < -0.39 is 58.6 Å². The highest BCUT2D eigenvalue weighted by Gasteiger charge is 2.39. The van der Waals surface area contributed by atoms with E-state index in [4.69, 9.17) is 21.6 Å². The van der Waals surface area contributed by atoms with E-state index >= 15 is 0 Å². The van der Waals surface area contributed by atoms with Crippen molar-refractivity contribution in [2.45, 2.75) is 116 Å². The number of pyridine rings is 2. The summed E-state index contributed by atoms with van der Waals surface area (Å²) in [4.78, 5) is 31.3. The highest BCUT2D eigenvalue weighted by Crippen LogP contribution is 2.40. The number of nitrogens with zero attached hydrogens (tertiary/aromatic N) is 9. The van der Waals surface area contributed by atoms with Crippen molar-refractivity contribution in [1.82, 2.24) is 35.2 Å². The summed E-state index contributed by atoms with van der Waals surface area (Å²) in [5.41, 5.74) is -3.52. The largest absolute Gasteiger partial charge is 0.416 e. The molecule has 2 aliphatic rings. The SMILES string of the molecule is CCN(CC1CCCC1)c1nc2cc(F)ccc2cc1CN(Cc1cc(C(F)(F)F)cc(C(F)(F)F)c1)c1ncc(Br)cn1.CCN(CC1CCCC1)c1nc2cc(F)ccc2cc1CNCc1cc(C(F)(F)F)cc(C(F)(F)F)c1.Clc1ncc(Br)cn1. The summed E-state index contributed by atoms with van der Waals surface area (Å²) in [6.45, 7) is 6.32. The van der Waals surface area contributed by atoms with Crippen LogP contribution in [-0.4, -0.2) is 56.1 Å². The molecule has 0 atom stereocenters. The van der Waals surface area contributed by atoms with Gasteiger partial charge in [-0.25, -0.2) is 38.7 Å². The van der Waals surface area contributed by atoms with E-state index in [-0.39, 0.29) is 60.7 Å². The van der Waals surface area contributed by atoms with E-state index in [1.165, 1.54) is 54.4 Å². The van der Waals surface area contributed by atoms with Crippen molar-refractivity contribution in [2.75, 3.05) is 40.9 Å². The van der Waals surface area contributed by atoms with Gasteiger partial charge in [0.15, 0.2) is 0 Å². The molecule has 2 fully saturated rings. The first-order chi connectivity index (χ1) is 42.0. The lowest BCUT2D eigenvalue weighted by molar-refractivity contribution is -0.144. The van der Waals surface area contributed by atoms with Gasteiger partial charge in [-0.3, -0.25) is 0 Å². The predicted molar refractivity (Wildman–Crippen MR) is 321 cm³/mol. The summed E-state index contributed by atoms with van der Waals surface area (Å²) in [5, 5.41) is 4.59. The summed E-state index contributed by atoms with van der Waals surface area (Å²) in [6, 6.07) is 15.3. The fraction of sp³-hybridized carbons (Fsp3) is 0.387. The van der Waals surface area contributed by atoms with Crippen LogP contribution in [0.15, 0.2) is 119 Å². The van der Waals surface area contributed by atoms with E-state index in [0.717, 1.165) is 67.2 Å². The van der Waals surface area contributed by atoms with Gasteiger partial charge in [-0.1, -0.05) is 25.7 Å². The average molecular weight is 1410 g/mol. The number of aromatic nitrogens is 6. The third-order valence-corrected chi connectivity index (χ3v) is 16.1. The maximum absolute atomic E-state index is 14.2. The first kappa shape index (κ1) is 68.4. The van der Waals surface area contributed by atoms with E-state index in [1.54, 1.807) is 24.5 Å². The second kappa shape index (κ2) is 29.6. The number of halogens is 17. The van der Waals surface area contributed by atoms with Gasteiger partial charge in [0.1, 0.15) is 23.3 Å². The number of benzene rings is 4. The van der Waals surface area contributed by atoms with Gasteiger partial charge in [0, 0.05) is 111 Å². The molecule has 0 spiro atoms. The molecule has 10 nitrogen and oxygen atoms in total. The van der Waals surface area contributed by atoms with Crippen molar-refractivity contribution in [3.05, 3.63) is 180 Å². The fourth-order valence-corrected chi connectivity index (χ4v) is 11.4. The number of hydrogen-bond donors (Lipinski definition) is 1. The lowest BCUT2D eigenvalue weighted by atomic mass is 10.0. The molecule has 0 radical (unpaired) electrons. The van der Waals surface area contributed by atoms with Gasteiger partial charge in [-0.15, -0.1) is 0 Å². The second-order valence-electron chi connectivity index (χ2n) is 21.7. The van der Waals surface area contributed by atoms with Crippen LogP contribution in [0.4, 0.5) is 79.0 Å². The Labute approximate surface area is 525 Å². The molecule has 2 aliphatic carbocycles. The molecule has 476 valence electrons. The zero-order valence-electron chi connectivity index (χ0n) is 47.8. The van der Waals surface area contributed by atoms with Gasteiger partial charge >= 0.3 is 24.7 Å². The Morgan fingerprint density at radius 1 is 0.483 bits per heavy atom. The van der Waals surface area contributed by atoms with Crippen LogP contribution in [0.1, 0.15) is 110 Å². The molecule has 4 aromatic heterocycles. The van der Waals surface area contributed by atoms with Gasteiger partial charge in [-0.05, 0) is 179 Å². The number of rotatable bonds is 17. The Kier molecular flexibility index (Phi) is 22.8. The van der Waals surface area contributed by atoms with Crippen LogP contribution >= 0.6 is 43.5 Å². The Morgan fingerprint density at radius 2 is 0.876 bits per heavy atom. The van der Waals surface area contributed by atoms with Crippen molar-refractivity contribution in [3.63, 3.8) is 0 Å². The molecular formula is C62H59Br2ClF14N10. The number of alkyl halides is 12. The minimum atomic E-state index is -4.98. The second-order valence-corrected chi connectivity index (χ2v) is 23.8. The van der Waals surface area contributed by atoms with E-state index in [1.807, 2.05) is 26.0 Å². The minimum absolute atomic E-state index is 0.00997. The normalized spacial score (nSPS) is 14.2. The van der Waals surface area contributed by atoms with Crippen LogP contribution in [0.5, 0.6) is 0 Å². The van der Waals surface area contributed by atoms with E-state index in [9.17, 15) is 61.5 Å². The Bertz CT molecular complexity index is 3570. The minimum Gasteiger partial charge on any atom is -0.356 e. The highest BCUT2D eigenvalue weighted by atomic mass is 79.9. The number of nitrogens with one attached hydrogen (secondary N) is 1. The van der Waals surface area contributed by atoms with Crippen LogP contribution in [-0.2, 0) is 50.9 Å². The molecular weight excluding hydrogens is 1350 g/mol. The highest BCUT2D eigenvalue weighted by molar-refractivity contribution is 9.10. The zero-order valence-corrected chi connectivity index (χ0v) is 51.7. The maximum Gasteiger partial charge on any atom is 0.416 e. The Hall–Kier alpha value is -6.51. The maximum atomic E-state index is 14.2. The molecule has 10 rings (SSSR count). The summed E-state index contributed by atoms with van der Waals surface area (Å²) in [7, 11) is 0. The molecule has 1 N–H and O–H groups in total. The molecule has 4 aromatic carbocycles. The molecule has 0 aliphatic heterocycles. The Morgan fingerprint density at radius 3 is 1.28 bits per heavy atom. The summed E-state index contributed by atoms with van der Waals surface area (Å²) in [5.74, 6) is 1.40. The quantitative estimate of drug-likeness (QED) is 0.0701.